The van der Waals surface area contributed by atoms with E-state index >= 15 is 0 Å². The van der Waals surface area contributed by atoms with Gasteiger partial charge in [-0.3, -0.25) is 4.99 Å². The van der Waals surface area contributed by atoms with Gasteiger partial charge in [0.2, 0.25) is 0 Å². The molecular formula is C19H31ClN4O2. The highest BCUT2D eigenvalue weighted by molar-refractivity contribution is 6.30. The minimum absolute atomic E-state index is 0.659. The van der Waals surface area contributed by atoms with Gasteiger partial charge in [0.1, 0.15) is 0 Å². The molecule has 0 bridgehead atoms. The maximum Gasteiger partial charge on any atom is 0.193 e. The first-order valence-electron chi connectivity index (χ1n) is 9.27. The van der Waals surface area contributed by atoms with E-state index in [-0.39, 0.29) is 0 Å². The summed E-state index contributed by atoms with van der Waals surface area (Å²) in [7, 11) is 3.53. The second-order valence-corrected chi connectivity index (χ2v) is 6.68. The molecule has 1 aliphatic heterocycles. The van der Waals surface area contributed by atoms with Crippen LogP contribution < -0.4 is 10.2 Å². The minimum Gasteiger partial charge on any atom is -0.382 e. The normalized spacial score (nSPS) is 15.4. The van der Waals surface area contributed by atoms with E-state index in [0.717, 1.165) is 63.2 Å². The van der Waals surface area contributed by atoms with Gasteiger partial charge in [-0.05, 0) is 31.0 Å². The van der Waals surface area contributed by atoms with Gasteiger partial charge in [-0.15, -0.1) is 0 Å². The topological polar surface area (TPSA) is 49.3 Å². The van der Waals surface area contributed by atoms with Crippen LogP contribution in [-0.4, -0.2) is 77.6 Å². The van der Waals surface area contributed by atoms with Gasteiger partial charge in [0.05, 0.1) is 13.2 Å². The molecule has 0 aromatic heterocycles. The number of unbranched alkanes of at least 4 members (excludes halogenated alkanes) is 1. The Kier molecular flexibility index (Phi) is 9.60. The smallest absolute Gasteiger partial charge is 0.193 e. The molecule has 0 unspecified atom stereocenters. The molecular weight excluding hydrogens is 352 g/mol. The number of ether oxygens (including phenoxy) is 2. The second-order valence-electron chi connectivity index (χ2n) is 6.24. The zero-order valence-electron chi connectivity index (χ0n) is 15.9. The van der Waals surface area contributed by atoms with E-state index in [9.17, 15) is 0 Å². The van der Waals surface area contributed by atoms with E-state index in [1.54, 1.807) is 7.11 Å². The summed E-state index contributed by atoms with van der Waals surface area (Å²) in [6, 6.07) is 8.06. The summed E-state index contributed by atoms with van der Waals surface area (Å²) < 4.78 is 10.4. The molecule has 1 saturated heterocycles. The summed E-state index contributed by atoms with van der Waals surface area (Å²) >= 11 is 6.10. The Morgan fingerprint density at radius 2 is 1.96 bits per heavy atom. The fourth-order valence-corrected chi connectivity index (χ4v) is 3.14. The van der Waals surface area contributed by atoms with E-state index in [0.29, 0.717) is 13.2 Å². The molecule has 1 heterocycles. The molecule has 0 aliphatic carbocycles. The lowest BCUT2D eigenvalue weighted by Gasteiger charge is -2.37. The van der Waals surface area contributed by atoms with Gasteiger partial charge < -0.3 is 24.6 Å². The molecule has 1 aromatic carbocycles. The molecule has 0 atom stereocenters. The van der Waals surface area contributed by atoms with E-state index in [1.807, 2.05) is 25.2 Å². The number of hydrogen-bond acceptors (Lipinski definition) is 4. The molecule has 146 valence electrons. The molecule has 0 amide bonds. The van der Waals surface area contributed by atoms with E-state index in [4.69, 9.17) is 21.1 Å². The average molecular weight is 383 g/mol. The number of nitrogens with one attached hydrogen (secondary N) is 1. The largest absolute Gasteiger partial charge is 0.382 e. The number of piperazine rings is 1. The lowest BCUT2D eigenvalue weighted by atomic mass is 10.2. The van der Waals surface area contributed by atoms with E-state index in [1.165, 1.54) is 5.69 Å². The first kappa shape index (κ1) is 20.8. The summed E-state index contributed by atoms with van der Waals surface area (Å²) in [4.78, 5) is 9.11. The van der Waals surface area contributed by atoms with Gasteiger partial charge in [0.25, 0.3) is 0 Å². The standard InChI is InChI=1S/C19H31ClN4O2/c1-21-19(22-8-3-4-13-26-15-14-25-2)24-11-9-23(10-12-24)18-7-5-6-17(20)16-18/h5-7,16H,3-4,8-15H2,1-2H3,(H,21,22). The number of methoxy groups -OCH3 is 1. The van der Waals surface area contributed by atoms with Crippen molar-refractivity contribution < 1.29 is 9.47 Å². The molecule has 7 heteroatoms. The molecule has 0 saturated carbocycles. The number of guanidine groups is 1. The lowest BCUT2D eigenvalue weighted by molar-refractivity contribution is 0.0689. The third kappa shape index (κ3) is 7.02. The Morgan fingerprint density at radius 1 is 1.15 bits per heavy atom. The Bertz CT molecular complexity index is 548. The highest BCUT2D eigenvalue weighted by Crippen LogP contribution is 2.20. The number of benzene rings is 1. The number of anilines is 1. The quantitative estimate of drug-likeness (QED) is 0.404. The summed E-state index contributed by atoms with van der Waals surface area (Å²) in [6.07, 6.45) is 2.10. The number of nitrogens with zero attached hydrogens (tertiary/aromatic N) is 3. The number of aliphatic imine (C=N–C) groups is 1. The molecule has 1 aromatic rings. The van der Waals surface area contributed by atoms with Gasteiger partial charge in [-0.2, -0.15) is 0 Å². The Labute approximate surface area is 162 Å². The van der Waals surface area contributed by atoms with Crippen molar-refractivity contribution in [2.24, 2.45) is 4.99 Å². The summed E-state index contributed by atoms with van der Waals surface area (Å²) in [5, 5.41) is 4.25. The molecule has 1 aliphatic rings. The van der Waals surface area contributed by atoms with Crippen molar-refractivity contribution in [3.8, 4) is 0 Å². The average Bonchev–Trinajstić information content (AvgIpc) is 2.67. The highest BCUT2D eigenvalue weighted by Gasteiger charge is 2.19. The van der Waals surface area contributed by atoms with Crippen LogP contribution in [0.1, 0.15) is 12.8 Å². The van der Waals surface area contributed by atoms with Crippen LogP contribution in [-0.2, 0) is 9.47 Å². The molecule has 2 rings (SSSR count). The highest BCUT2D eigenvalue weighted by atomic mass is 35.5. The SMILES string of the molecule is CN=C(NCCCCOCCOC)N1CCN(c2cccc(Cl)c2)CC1. The first-order valence-corrected chi connectivity index (χ1v) is 9.65. The zero-order chi connectivity index (χ0) is 18.6. The van der Waals surface area contributed by atoms with Crippen molar-refractivity contribution in [2.75, 3.05) is 71.6 Å². The van der Waals surface area contributed by atoms with Crippen LogP contribution >= 0.6 is 11.6 Å². The van der Waals surface area contributed by atoms with Gasteiger partial charge in [0.15, 0.2) is 5.96 Å². The number of halogens is 1. The minimum atomic E-state index is 0.659. The van der Waals surface area contributed by atoms with E-state index in [2.05, 4.69) is 26.2 Å². The summed E-state index contributed by atoms with van der Waals surface area (Å²) in [5.41, 5.74) is 1.19. The zero-order valence-corrected chi connectivity index (χ0v) is 16.7. The predicted molar refractivity (Wildman–Crippen MR) is 109 cm³/mol. The van der Waals surface area contributed by atoms with E-state index < -0.39 is 0 Å². The Morgan fingerprint density at radius 3 is 2.65 bits per heavy atom. The predicted octanol–water partition coefficient (Wildman–Crippen LogP) is 2.48. The van der Waals surface area contributed by atoms with Gasteiger partial charge in [-0.1, -0.05) is 17.7 Å². The van der Waals surface area contributed by atoms with Crippen molar-refractivity contribution in [1.82, 2.24) is 10.2 Å². The lowest BCUT2D eigenvalue weighted by Crippen LogP contribution is -2.52. The molecule has 0 spiro atoms. The van der Waals surface area contributed by atoms with Crippen LogP contribution in [0, 0.1) is 0 Å². The Balaban J connectivity index is 1.65. The number of rotatable bonds is 9. The van der Waals surface area contributed by atoms with Crippen LogP contribution in [0.15, 0.2) is 29.3 Å². The summed E-state index contributed by atoms with van der Waals surface area (Å²) in [5.74, 6) is 0.982. The second kappa shape index (κ2) is 12.0. The van der Waals surface area contributed by atoms with Crippen LogP contribution in [0.5, 0.6) is 0 Å². The van der Waals surface area contributed by atoms with Gasteiger partial charge >= 0.3 is 0 Å². The van der Waals surface area contributed by atoms with Crippen molar-refractivity contribution in [1.29, 1.82) is 0 Å². The van der Waals surface area contributed by atoms with Crippen LogP contribution in [0.25, 0.3) is 0 Å². The monoisotopic (exact) mass is 382 g/mol. The fourth-order valence-electron chi connectivity index (χ4n) is 2.96. The van der Waals surface area contributed by atoms with Crippen molar-refractivity contribution in [3.63, 3.8) is 0 Å². The van der Waals surface area contributed by atoms with Crippen molar-refractivity contribution in [3.05, 3.63) is 29.3 Å². The molecule has 0 radical (unpaired) electrons. The first-order chi connectivity index (χ1) is 12.7. The maximum absolute atomic E-state index is 6.10. The maximum atomic E-state index is 6.10. The fraction of sp³-hybridized carbons (Fsp3) is 0.632. The third-order valence-corrected chi connectivity index (χ3v) is 4.63. The Hall–Kier alpha value is -1.50. The number of hydrogen-bond donors (Lipinski definition) is 1. The molecule has 26 heavy (non-hydrogen) atoms. The third-order valence-electron chi connectivity index (χ3n) is 4.39. The van der Waals surface area contributed by atoms with Crippen molar-refractivity contribution in [2.45, 2.75) is 12.8 Å². The van der Waals surface area contributed by atoms with Crippen LogP contribution in [0.3, 0.4) is 0 Å². The molecule has 6 nitrogen and oxygen atoms in total. The molecule has 1 fully saturated rings. The van der Waals surface area contributed by atoms with Gasteiger partial charge in [0, 0.05) is 64.2 Å². The van der Waals surface area contributed by atoms with Crippen LogP contribution in [0.2, 0.25) is 5.02 Å². The van der Waals surface area contributed by atoms with Gasteiger partial charge in [-0.25, -0.2) is 0 Å². The van der Waals surface area contributed by atoms with Crippen molar-refractivity contribution >= 4 is 23.2 Å². The van der Waals surface area contributed by atoms with Crippen LogP contribution in [0.4, 0.5) is 5.69 Å². The summed E-state index contributed by atoms with van der Waals surface area (Å²) in [6.45, 7) is 6.85. The molecule has 1 N–H and O–H groups in total.